The summed E-state index contributed by atoms with van der Waals surface area (Å²) < 4.78 is 59.2. The van der Waals surface area contributed by atoms with Crippen LogP contribution in [-0.4, -0.2) is 120 Å². The summed E-state index contributed by atoms with van der Waals surface area (Å²) in [5.41, 5.74) is 5.50. The maximum atomic E-state index is 17.3. The molecule has 2 N–H and O–H groups in total. The van der Waals surface area contributed by atoms with Crippen molar-refractivity contribution in [1.29, 1.82) is 10.5 Å². The number of nitrogen functional groups attached to an aromatic ring is 1. The minimum Gasteiger partial charge on any atom is -0.461 e. The number of rotatable bonds is 9. The number of halogens is 4. The Morgan fingerprint density at radius 1 is 1.16 bits per heavy atom. The third-order valence-corrected chi connectivity index (χ3v) is 13.1. The first kappa shape index (κ1) is 40.1. The highest BCUT2D eigenvalue weighted by atomic mass is 35.5. The van der Waals surface area contributed by atoms with Gasteiger partial charge in [0.2, 0.25) is 5.91 Å². The molecule has 58 heavy (non-hydrogen) atoms. The molecule has 12 nitrogen and oxygen atoms in total. The van der Waals surface area contributed by atoms with Gasteiger partial charge in [-0.15, -0.1) is 11.3 Å². The SMILES string of the molecule is CC1CN(C/C=C/C(=O)N2CCN(c3nc(OC[C@@]45CCCN4C[C@H](F)C5)nc4c(F)c(-c5ccc(F)c6sc(N)c(C#N)c56)c(Cl)cc34)C[C@@H]2CC#N)CC(C)O1. The van der Waals surface area contributed by atoms with Gasteiger partial charge in [-0.3, -0.25) is 14.6 Å². The molecule has 17 heteroatoms. The van der Waals surface area contributed by atoms with Crippen LogP contribution in [0.3, 0.4) is 0 Å². The van der Waals surface area contributed by atoms with E-state index in [-0.39, 0.29) is 110 Å². The molecule has 0 saturated carbocycles. The van der Waals surface area contributed by atoms with E-state index in [0.29, 0.717) is 19.5 Å². The van der Waals surface area contributed by atoms with Crippen LogP contribution < -0.4 is 15.4 Å². The fourth-order valence-corrected chi connectivity index (χ4v) is 10.6. The standard InChI is InChI=1S/C41H43ClF3N9O3S/c1-23-18-51(19-24(2)57-23)11-3-5-32(55)54-14-13-52(21-26(54)8-10-46)39-28-15-30(42)34(27-6-7-31(44)37-33(27)29(17-47)38(48)58-37)35(45)36(28)49-40(50-39)56-22-41-9-4-12-53(41)20-25(43)16-41/h3,5-7,15,23-26H,4,8-9,11-14,16,18-22,48H2,1-2H3/b5-3+/t23?,24?,25-,26+,41+/m1/s1. The van der Waals surface area contributed by atoms with Gasteiger partial charge < -0.3 is 25.0 Å². The van der Waals surface area contributed by atoms with Gasteiger partial charge in [-0.05, 0) is 50.9 Å². The summed E-state index contributed by atoms with van der Waals surface area (Å²) >= 11 is 7.81. The summed E-state index contributed by atoms with van der Waals surface area (Å²) in [7, 11) is 0. The summed E-state index contributed by atoms with van der Waals surface area (Å²) in [6.45, 7) is 8.03. The van der Waals surface area contributed by atoms with Gasteiger partial charge in [-0.1, -0.05) is 23.7 Å². The molecule has 0 aliphatic carbocycles. The van der Waals surface area contributed by atoms with Crippen molar-refractivity contribution < 1.29 is 27.4 Å². The van der Waals surface area contributed by atoms with Gasteiger partial charge in [0.05, 0.1) is 51.6 Å². The monoisotopic (exact) mass is 833 g/mol. The lowest BCUT2D eigenvalue weighted by Gasteiger charge is -2.41. The summed E-state index contributed by atoms with van der Waals surface area (Å²) in [5, 5.41) is 20.3. The predicted molar refractivity (Wildman–Crippen MR) is 216 cm³/mol. The number of piperazine rings is 1. The van der Waals surface area contributed by atoms with E-state index in [2.05, 4.69) is 20.9 Å². The second-order valence-corrected chi connectivity index (χ2v) is 17.2. The van der Waals surface area contributed by atoms with Crippen LogP contribution >= 0.6 is 22.9 Å². The number of hydrogen-bond donors (Lipinski definition) is 1. The third-order valence-electron chi connectivity index (χ3n) is 11.8. The van der Waals surface area contributed by atoms with Crippen LogP contribution in [0.2, 0.25) is 5.02 Å². The summed E-state index contributed by atoms with van der Waals surface area (Å²) in [6, 6.07) is 7.64. The number of nitrogens with zero attached hydrogens (tertiary/aromatic N) is 8. The number of anilines is 2. The molecule has 5 atom stereocenters. The predicted octanol–water partition coefficient (Wildman–Crippen LogP) is 6.45. The fourth-order valence-electron chi connectivity index (χ4n) is 9.32. The van der Waals surface area contributed by atoms with Crippen LogP contribution in [0.5, 0.6) is 6.01 Å². The minimum absolute atomic E-state index is 0.0108. The van der Waals surface area contributed by atoms with Crippen molar-refractivity contribution in [3.63, 3.8) is 0 Å². The second kappa shape index (κ2) is 16.2. The summed E-state index contributed by atoms with van der Waals surface area (Å²) in [4.78, 5) is 30.8. The number of benzene rings is 2. The fraction of sp³-hybridized carbons (Fsp3) is 0.488. The molecular weight excluding hydrogens is 791 g/mol. The average Bonchev–Trinajstić information content (AvgIpc) is 3.83. The lowest BCUT2D eigenvalue weighted by atomic mass is 9.95. The molecular formula is C41H43ClF3N9O3S. The molecule has 2 aromatic heterocycles. The molecule has 4 aliphatic rings. The van der Waals surface area contributed by atoms with E-state index >= 15 is 8.78 Å². The molecule has 4 saturated heterocycles. The van der Waals surface area contributed by atoms with Crippen LogP contribution in [0.15, 0.2) is 30.4 Å². The number of carbonyl (C=O) groups excluding carboxylic acids is 1. The Morgan fingerprint density at radius 2 is 1.95 bits per heavy atom. The highest BCUT2D eigenvalue weighted by Crippen LogP contribution is 2.46. The molecule has 304 valence electrons. The molecule has 8 rings (SSSR count). The topological polar surface area (TPSA) is 148 Å². The van der Waals surface area contributed by atoms with E-state index in [1.807, 2.05) is 30.9 Å². The number of aromatic nitrogens is 2. The molecule has 4 aromatic rings. The van der Waals surface area contributed by atoms with Crippen LogP contribution in [0.4, 0.5) is 24.0 Å². The van der Waals surface area contributed by atoms with Gasteiger partial charge in [-0.25, -0.2) is 13.2 Å². The average molecular weight is 834 g/mol. The Balaban J connectivity index is 1.16. The molecule has 6 heterocycles. The van der Waals surface area contributed by atoms with Crippen molar-refractivity contribution in [1.82, 2.24) is 24.7 Å². The lowest BCUT2D eigenvalue weighted by Crippen LogP contribution is -2.55. The van der Waals surface area contributed by atoms with Gasteiger partial charge in [0.1, 0.15) is 41.0 Å². The third kappa shape index (κ3) is 7.41. The number of carbonyl (C=O) groups is 1. The quantitative estimate of drug-likeness (QED) is 0.186. The first-order valence-electron chi connectivity index (χ1n) is 19.5. The van der Waals surface area contributed by atoms with E-state index < -0.39 is 29.4 Å². The number of thiophene rings is 1. The Hall–Kier alpha value is -4.71. The molecule has 0 bridgehead atoms. The largest absolute Gasteiger partial charge is 0.461 e. The molecule has 4 fully saturated rings. The van der Waals surface area contributed by atoms with E-state index in [1.54, 1.807) is 11.0 Å². The van der Waals surface area contributed by atoms with Crippen LogP contribution in [0, 0.1) is 34.3 Å². The van der Waals surface area contributed by atoms with Crippen molar-refractivity contribution in [2.75, 3.05) is 69.6 Å². The Bertz CT molecular complexity index is 2380. The number of nitrogens with two attached hydrogens (primary N) is 1. The van der Waals surface area contributed by atoms with Crippen molar-refractivity contribution in [2.45, 2.75) is 69.5 Å². The number of fused-ring (bicyclic) bond motifs is 3. The van der Waals surface area contributed by atoms with Gasteiger partial charge >= 0.3 is 6.01 Å². The number of nitriles is 2. The maximum absolute atomic E-state index is 17.3. The van der Waals surface area contributed by atoms with Gasteiger partial charge in [0.15, 0.2) is 5.82 Å². The number of hydrogen-bond acceptors (Lipinski definition) is 12. The second-order valence-electron chi connectivity index (χ2n) is 15.8. The zero-order chi connectivity index (χ0) is 40.9. The van der Waals surface area contributed by atoms with Crippen molar-refractivity contribution in [3.8, 4) is 29.3 Å². The number of ether oxygens (including phenoxy) is 2. The maximum Gasteiger partial charge on any atom is 0.319 e. The van der Waals surface area contributed by atoms with Crippen molar-refractivity contribution >= 4 is 60.7 Å². The molecule has 0 radical (unpaired) electrons. The van der Waals surface area contributed by atoms with Crippen molar-refractivity contribution in [3.05, 3.63) is 52.6 Å². The van der Waals surface area contributed by atoms with Gasteiger partial charge in [0, 0.05) is 74.6 Å². The van der Waals surface area contributed by atoms with E-state index in [4.69, 9.17) is 31.8 Å². The molecule has 2 aromatic carbocycles. The van der Waals surface area contributed by atoms with E-state index in [0.717, 1.165) is 43.8 Å². The zero-order valence-electron chi connectivity index (χ0n) is 32.2. The summed E-state index contributed by atoms with van der Waals surface area (Å²) in [6.07, 6.45) is 4.56. The first-order valence-corrected chi connectivity index (χ1v) is 20.7. The van der Waals surface area contributed by atoms with Crippen LogP contribution in [0.1, 0.15) is 45.1 Å². The minimum atomic E-state index is -0.992. The number of morpholine rings is 1. The van der Waals surface area contributed by atoms with E-state index in [9.17, 15) is 19.7 Å². The lowest BCUT2D eigenvalue weighted by molar-refractivity contribution is -0.128. The first-order chi connectivity index (χ1) is 27.9. The van der Waals surface area contributed by atoms with Gasteiger partial charge in [0.25, 0.3) is 0 Å². The molecule has 0 spiro atoms. The van der Waals surface area contributed by atoms with Gasteiger partial charge in [-0.2, -0.15) is 20.5 Å². The smallest absolute Gasteiger partial charge is 0.319 e. The Kier molecular flexibility index (Phi) is 11.2. The van der Waals surface area contributed by atoms with Crippen LogP contribution in [0.25, 0.3) is 32.1 Å². The summed E-state index contributed by atoms with van der Waals surface area (Å²) in [5.74, 6) is -1.40. The Labute approximate surface area is 343 Å². The highest BCUT2D eigenvalue weighted by Gasteiger charge is 2.49. The van der Waals surface area contributed by atoms with Crippen molar-refractivity contribution in [2.24, 2.45) is 0 Å². The molecule has 4 aliphatic heterocycles. The number of amides is 1. The molecule has 1 amide bonds. The normalized spacial score (nSPS) is 25.4. The Morgan fingerprint density at radius 3 is 2.71 bits per heavy atom. The van der Waals surface area contributed by atoms with E-state index in [1.165, 1.54) is 18.2 Å². The number of alkyl halides is 1. The highest BCUT2D eigenvalue weighted by molar-refractivity contribution is 7.23. The van der Waals surface area contributed by atoms with Crippen LogP contribution in [-0.2, 0) is 9.53 Å². The molecule has 2 unspecified atom stereocenters. The zero-order valence-corrected chi connectivity index (χ0v) is 33.8.